The average molecular weight is 402 g/mol. The number of carbonyl (C=O) groups excluding carboxylic acids is 1. The normalized spacial score (nSPS) is 21.4. The molecule has 2 unspecified atom stereocenters. The summed E-state index contributed by atoms with van der Waals surface area (Å²) in [5.41, 5.74) is 8.07. The molecule has 1 saturated carbocycles. The Morgan fingerprint density at radius 3 is 3.07 bits per heavy atom. The highest BCUT2D eigenvalue weighted by atomic mass is 32.1. The first-order chi connectivity index (χ1) is 13.4. The van der Waals surface area contributed by atoms with E-state index in [9.17, 15) is 13.6 Å². The van der Waals surface area contributed by atoms with Crippen LogP contribution in [0.25, 0.3) is 16.8 Å². The molecular formula is C18H16F2N6OS. The molecule has 0 saturated heterocycles. The number of thiazole rings is 1. The third-order valence-electron chi connectivity index (χ3n) is 4.84. The Bertz CT molecular complexity index is 1090. The molecule has 0 spiro atoms. The zero-order valence-corrected chi connectivity index (χ0v) is 15.4. The summed E-state index contributed by atoms with van der Waals surface area (Å²) in [5, 5.41) is 17.4. The molecule has 0 radical (unpaired) electrons. The van der Waals surface area contributed by atoms with Gasteiger partial charge in [0, 0.05) is 29.6 Å². The zero-order valence-electron chi connectivity index (χ0n) is 14.6. The number of fused-ring (bicyclic) bond motifs is 1. The molecule has 3 heterocycles. The van der Waals surface area contributed by atoms with E-state index >= 15 is 0 Å². The van der Waals surface area contributed by atoms with Gasteiger partial charge in [0.05, 0.1) is 29.0 Å². The topological polar surface area (TPSA) is 109 Å². The van der Waals surface area contributed by atoms with E-state index < -0.39 is 23.9 Å². The van der Waals surface area contributed by atoms with E-state index in [1.54, 1.807) is 34.4 Å². The Labute approximate surface area is 162 Å². The van der Waals surface area contributed by atoms with Crippen LogP contribution in [-0.2, 0) is 0 Å². The quantitative estimate of drug-likeness (QED) is 0.700. The molecule has 1 aliphatic rings. The van der Waals surface area contributed by atoms with Crippen molar-refractivity contribution in [3.8, 4) is 17.3 Å². The van der Waals surface area contributed by atoms with Gasteiger partial charge in [-0.3, -0.25) is 4.79 Å². The van der Waals surface area contributed by atoms with E-state index in [2.05, 4.69) is 21.5 Å². The number of hydrogen-bond acceptors (Lipinski definition) is 6. The standard InChI is InChI=1S/C18H16F2N6OS/c19-18(20)4-1-2-12(22)15(18)25-16(27)17-24-13(9-28-17)11-8-23-26-5-3-10(7-21)6-14(11)26/h3,5-6,8-9,12,15H,1-2,4,22H2,(H,25,27). The minimum atomic E-state index is -3.04. The Morgan fingerprint density at radius 2 is 2.32 bits per heavy atom. The number of rotatable bonds is 3. The second-order valence-electron chi connectivity index (χ2n) is 6.72. The van der Waals surface area contributed by atoms with Crippen LogP contribution in [0.4, 0.5) is 8.78 Å². The van der Waals surface area contributed by atoms with Crippen LogP contribution in [0.15, 0.2) is 29.9 Å². The molecule has 10 heteroatoms. The number of carbonyl (C=O) groups is 1. The number of amides is 1. The number of aromatic nitrogens is 3. The maximum Gasteiger partial charge on any atom is 0.280 e. The van der Waals surface area contributed by atoms with Gasteiger partial charge in [0.2, 0.25) is 0 Å². The van der Waals surface area contributed by atoms with Crippen LogP contribution < -0.4 is 11.1 Å². The number of alkyl halides is 2. The fourth-order valence-electron chi connectivity index (χ4n) is 3.37. The van der Waals surface area contributed by atoms with Crippen LogP contribution in [0.5, 0.6) is 0 Å². The number of nitrogens with zero attached hydrogens (tertiary/aromatic N) is 4. The summed E-state index contributed by atoms with van der Waals surface area (Å²) < 4.78 is 29.8. The lowest BCUT2D eigenvalue weighted by Gasteiger charge is -2.36. The van der Waals surface area contributed by atoms with Gasteiger partial charge in [-0.2, -0.15) is 10.4 Å². The van der Waals surface area contributed by atoms with E-state index in [4.69, 9.17) is 11.0 Å². The summed E-state index contributed by atoms with van der Waals surface area (Å²) >= 11 is 1.05. The van der Waals surface area contributed by atoms with Crippen molar-refractivity contribution in [1.82, 2.24) is 19.9 Å². The van der Waals surface area contributed by atoms with Gasteiger partial charge >= 0.3 is 0 Å². The summed E-state index contributed by atoms with van der Waals surface area (Å²) in [5.74, 6) is -3.71. The lowest BCUT2D eigenvalue weighted by molar-refractivity contribution is -0.0674. The number of hydrogen-bond donors (Lipinski definition) is 2. The molecule has 3 aromatic rings. The lowest BCUT2D eigenvalue weighted by atomic mass is 9.87. The van der Waals surface area contributed by atoms with E-state index in [-0.39, 0.29) is 11.4 Å². The summed E-state index contributed by atoms with van der Waals surface area (Å²) in [7, 11) is 0. The van der Waals surface area contributed by atoms with E-state index in [1.165, 1.54) is 0 Å². The van der Waals surface area contributed by atoms with E-state index in [0.29, 0.717) is 35.2 Å². The Hall–Kier alpha value is -2.90. The third kappa shape index (κ3) is 3.23. The first-order valence-corrected chi connectivity index (χ1v) is 9.54. The van der Waals surface area contributed by atoms with Crippen molar-refractivity contribution < 1.29 is 13.6 Å². The van der Waals surface area contributed by atoms with Crippen LogP contribution >= 0.6 is 11.3 Å². The smallest absolute Gasteiger partial charge is 0.280 e. The molecule has 1 amide bonds. The van der Waals surface area contributed by atoms with Crippen molar-refractivity contribution in [2.75, 3.05) is 0 Å². The predicted octanol–water partition coefficient (Wildman–Crippen LogP) is 2.57. The fraction of sp³-hybridized carbons (Fsp3) is 0.333. The predicted molar refractivity (Wildman–Crippen MR) is 99.0 cm³/mol. The van der Waals surface area contributed by atoms with Crippen molar-refractivity contribution in [3.05, 3.63) is 40.5 Å². The van der Waals surface area contributed by atoms with Crippen molar-refractivity contribution in [2.45, 2.75) is 37.3 Å². The Kier molecular flexibility index (Phi) is 4.56. The zero-order chi connectivity index (χ0) is 19.9. The number of nitriles is 1. The second kappa shape index (κ2) is 6.92. The molecule has 1 fully saturated rings. The fourth-order valence-corrected chi connectivity index (χ4v) is 4.09. The minimum absolute atomic E-state index is 0.0689. The lowest BCUT2D eigenvalue weighted by Crippen LogP contribution is -2.59. The molecule has 3 N–H and O–H groups in total. The van der Waals surface area contributed by atoms with Gasteiger partial charge in [-0.25, -0.2) is 18.3 Å². The highest BCUT2D eigenvalue weighted by Crippen LogP contribution is 2.33. The molecule has 1 aliphatic carbocycles. The Morgan fingerprint density at radius 1 is 1.50 bits per heavy atom. The summed E-state index contributed by atoms with van der Waals surface area (Å²) in [4.78, 5) is 16.8. The molecule has 144 valence electrons. The molecule has 2 atom stereocenters. The van der Waals surface area contributed by atoms with Gasteiger partial charge in [0.25, 0.3) is 11.8 Å². The van der Waals surface area contributed by atoms with Crippen LogP contribution in [0.1, 0.15) is 34.6 Å². The van der Waals surface area contributed by atoms with Crippen molar-refractivity contribution in [2.24, 2.45) is 5.73 Å². The highest BCUT2D eigenvalue weighted by molar-refractivity contribution is 7.12. The van der Waals surface area contributed by atoms with Crippen molar-refractivity contribution >= 4 is 22.8 Å². The summed E-state index contributed by atoms with van der Waals surface area (Å²) in [6, 6.07) is 3.17. The van der Waals surface area contributed by atoms with Crippen LogP contribution in [0.3, 0.4) is 0 Å². The Balaban J connectivity index is 1.59. The van der Waals surface area contributed by atoms with E-state index in [1.807, 2.05) is 0 Å². The monoisotopic (exact) mass is 402 g/mol. The SMILES string of the molecule is N#Cc1ccn2ncc(-c3csc(C(=O)NC4C(N)CCCC4(F)F)n3)c2c1. The molecular weight excluding hydrogens is 386 g/mol. The molecule has 3 aromatic heterocycles. The average Bonchev–Trinajstić information content (AvgIpc) is 3.30. The molecule has 0 aliphatic heterocycles. The van der Waals surface area contributed by atoms with Gasteiger partial charge in [0.15, 0.2) is 5.01 Å². The van der Waals surface area contributed by atoms with Gasteiger partial charge < -0.3 is 11.1 Å². The number of nitrogens with two attached hydrogens (primary N) is 1. The maximum atomic E-state index is 14.1. The maximum absolute atomic E-state index is 14.1. The van der Waals surface area contributed by atoms with Crippen LogP contribution in [-0.4, -0.2) is 38.5 Å². The second-order valence-corrected chi connectivity index (χ2v) is 7.58. The van der Waals surface area contributed by atoms with Gasteiger partial charge in [0.1, 0.15) is 6.04 Å². The molecule has 0 aromatic carbocycles. The largest absolute Gasteiger partial charge is 0.340 e. The summed E-state index contributed by atoms with van der Waals surface area (Å²) in [6.07, 6.45) is 3.72. The molecule has 7 nitrogen and oxygen atoms in total. The first kappa shape index (κ1) is 18.5. The van der Waals surface area contributed by atoms with Gasteiger partial charge in [-0.15, -0.1) is 11.3 Å². The van der Waals surface area contributed by atoms with Crippen LogP contribution in [0, 0.1) is 11.3 Å². The van der Waals surface area contributed by atoms with Gasteiger partial charge in [-0.05, 0) is 25.0 Å². The number of pyridine rings is 1. The van der Waals surface area contributed by atoms with Gasteiger partial charge in [-0.1, -0.05) is 0 Å². The minimum Gasteiger partial charge on any atom is -0.340 e. The number of halogens is 2. The van der Waals surface area contributed by atoms with Crippen LogP contribution in [0.2, 0.25) is 0 Å². The van der Waals surface area contributed by atoms with E-state index in [0.717, 1.165) is 11.3 Å². The third-order valence-corrected chi connectivity index (χ3v) is 5.68. The molecule has 28 heavy (non-hydrogen) atoms. The molecule has 4 rings (SSSR count). The van der Waals surface area contributed by atoms with Crippen molar-refractivity contribution in [1.29, 1.82) is 5.26 Å². The number of nitrogens with one attached hydrogen (secondary N) is 1. The molecule has 0 bridgehead atoms. The van der Waals surface area contributed by atoms with Crippen molar-refractivity contribution in [3.63, 3.8) is 0 Å². The first-order valence-electron chi connectivity index (χ1n) is 8.67. The highest BCUT2D eigenvalue weighted by Gasteiger charge is 2.46. The summed E-state index contributed by atoms with van der Waals surface area (Å²) in [6.45, 7) is 0.